The average Bonchev–Trinajstić information content (AvgIpc) is 2.95. The van der Waals surface area contributed by atoms with Gasteiger partial charge in [0.2, 0.25) is 0 Å². The van der Waals surface area contributed by atoms with Crippen molar-refractivity contribution in [2.75, 3.05) is 18.5 Å². The Morgan fingerprint density at radius 1 is 1.00 bits per heavy atom. The van der Waals surface area contributed by atoms with Crippen molar-refractivity contribution >= 4 is 5.69 Å². The molecule has 0 aliphatic carbocycles. The van der Waals surface area contributed by atoms with Crippen molar-refractivity contribution in [2.45, 2.75) is 19.3 Å². The minimum atomic E-state index is 0.818. The van der Waals surface area contributed by atoms with Crippen molar-refractivity contribution in [1.29, 1.82) is 0 Å². The molecule has 0 atom stereocenters. The number of rotatable bonds is 1. The summed E-state index contributed by atoms with van der Waals surface area (Å²) in [4.78, 5) is 0. The van der Waals surface area contributed by atoms with Crippen LogP contribution in [0.4, 0.5) is 5.69 Å². The summed E-state index contributed by atoms with van der Waals surface area (Å²) >= 11 is 0. The molecule has 0 amide bonds. The van der Waals surface area contributed by atoms with E-state index in [0.717, 1.165) is 25.3 Å². The van der Waals surface area contributed by atoms with Gasteiger partial charge in [-0.25, -0.2) is 0 Å². The zero-order valence-electron chi connectivity index (χ0n) is 10.9. The highest BCUT2D eigenvalue weighted by Gasteiger charge is 2.18. The Bertz CT molecular complexity index is 633. The Morgan fingerprint density at radius 3 is 3.00 bits per heavy atom. The smallest absolute Gasteiger partial charge is 0.130 e. The highest BCUT2D eigenvalue weighted by atomic mass is 16.5. The second-order valence-corrected chi connectivity index (χ2v) is 5.29. The van der Waals surface area contributed by atoms with E-state index in [4.69, 9.17) is 4.74 Å². The van der Waals surface area contributed by atoms with Gasteiger partial charge in [-0.05, 0) is 41.7 Å². The topological polar surface area (TPSA) is 21.3 Å². The molecule has 4 rings (SSSR count). The molecule has 0 fully saturated rings. The highest BCUT2D eigenvalue weighted by molar-refractivity contribution is 5.75. The molecule has 2 aromatic carbocycles. The van der Waals surface area contributed by atoms with Crippen LogP contribution >= 0.6 is 0 Å². The fourth-order valence-electron chi connectivity index (χ4n) is 3.08. The van der Waals surface area contributed by atoms with Crippen molar-refractivity contribution < 1.29 is 4.74 Å². The first-order valence-electron chi connectivity index (χ1n) is 7.04. The second kappa shape index (κ2) is 4.30. The molecule has 96 valence electrons. The lowest BCUT2D eigenvalue weighted by Crippen LogP contribution is -2.11. The van der Waals surface area contributed by atoms with Crippen LogP contribution in [-0.4, -0.2) is 13.2 Å². The molecular formula is C17H17NO. The number of anilines is 1. The SMILES string of the molecule is c1cc2c(c(-c3ccc4c(c3)CCCN4)c1)OCC2. The number of fused-ring (bicyclic) bond motifs is 2. The van der Waals surface area contributed by atoms with Crippen molar-refractivity contribution in [3.63, 3.8) is 0 Å². The van der Waals surface area contributed by atoms with E-state index < -0.39 is 0 Å². The van der Waals surface area contributed by atoms with Crippen LogP contribution in [0.5, 0.6) is 5.75 Å². The third-order valence-electron chi connectivity index (χ3n) is 4.07. The van der Waals surface area contributed by atoms with Gasteiger partial charge in [0.1, 0.15) is 5.75 Å². The molecule has 0 aromatic heterocycles. The predicted molar refractivity (Wildman–Crippen MR) is 77.9 cm³/mol. The van der Waals surface area contributed by atoms with Crippen molar-refractivity contribution in [2.24, 2.45) is 0 Å². The van der Waals surface area contributed by atoms with Gasteiger partial charge in [-0.2, -0.15) is 0 Å². The zero-order valence-corrected chi connectivity index (χ0v) is 10.9. The summed E-state index contributed by atoms with van der Waals surface area (Å²) in [5.74, 6) is 1.09. The van der Waals surface area contributed by atoms with E-state index >= 15 is 0 Å². The summed E-state index contributed by atoms with van der Waals surface area (Å²) in [6.45, 7) is 1.91. The van der Waals surface area contributed by atoms with E-state index in [0.29, 0.717) is 0 Å². The Balaban J connectivity index is 1.83. The van der Waals surface area contributed by atoms with Gasteiger partial charge in [0.25, 0.3) is 0 Å². The number of hydrogen-bond donors (Lipinski definition) is 1. The Kier molecular flexibility index (Phi) is 2.47. The standard InChI is InChI=1S/C17H17NO/c1-3-12-8-10-19-17(12)15(5-1)13-6-7-16-14(11-13)4-2-9-18-16/h1,3,5-7,11,18H,2,4,8-10H2. The minimum absolute atomic E-state index is 0.818. The monoisotopic (exact) mass is 251 g/mol. The van der Waals surface area contributed by atoms with Crippen LogP contribution in [0.25, 0.3) is 11.1 Å². The summed E-state index contributed by atoms with van der Waals surface area (Å²) in [5.41, 5.74) is 6.58. The van der Waals surface area contributed by atoms with Gasteiger partial charge >= 0.3 is 0 Å². The largest absolute Gasteiger partial charge is 0.492 e. The predicted octanol–water partition coefficient (Wildman–Crippen LogP) is 3.65. The molecule has 0 bridgehead atoms. The molecule has 2 aliphatic rings. The lowest BCUT2D eigenvalue weighted by Gasteiger charge is -2.19. The van der Waals surface area contributed by atoms with Crippen LogP contribution in [0.15, 0.2) is 36.4 Å². The third kappa shape index (κ3) is 1.79. The first-order valence-corrected chi connectivity index (χ1v) is 7.04. The van der Waals surface area contributed by atoms with Gasteiger partial charge < -0.3 is 10.1 Å². The van der Waals surface area contributed by atoms with Gasteiger partial charge in [-0.3, -0.25) is 0 Å². The van der Waals surface area contributed by atoms with Gasteiger partial charge in [-0.15, -0.1) is 0 Å². The third-order valence-corrected chi connectivity index (χ3v) is 4.07. The van der Waals surface area contributed by atoms with Crippen LogP contribution in [-0.2, 0) is 12.8 Å². The lowest BCUT2D eigenvalue weighted by molar-refractivity contribution is 0.358. The fourth-order valence-corrected chi connectivity index (χ4v) is 3.08. The zero-order chi connectivity index (χ0) is 12.7. The molecule has 0 saturated carbocycles. The molecule has 0 saturated heterocycles. The average molecular weight is 251 g/mol. The lowest BCUT2D eigenvalue weighted by atomic mass is 9.95. The van der Waals surface area contributed by atoms with Gasteiger partial charge in [0, 0.05) is 24.2 Å². The number of para-hydroxylation sites is 1. The molecule has 0 radical (unpaired) electrons. The van der Waals surface area contributed by atoms with Crippen LogP contribution in [0, 0.1) is 0 Å². The summed E-state index contributed by atoms with van der Waals surface area (Å²) in [5, 5.41) is 3.46. The molecule has 0 unspecified atom stereocenters. The van der Waals surface area contributed by atoms with Crippen LogP contribution < -0.4 is 10.1 Å². The van der Waals surface area contributed by atoms with Crippen molar-refractivity contribution in [3.05, 3.63) is 47.5 Å². The Labute approximate surface area is 113 Å². The molecule has 1 N–H and O–H groups in total. The summed E-state index contributed by atoms with van der Waals surface area (Å²) in [6.07, 6.45) is 3.43. The van der Waals surface area contributed by atoms with Gasteiger partial charge in [0.15, 0.2) is 0 Å². The maximum absolute atomic E-state index is 5.81. The fraction of sp³-hybridized carbons (Fsp3) is 0.294. The van der Waals surface area contributed by atoms with E-state index in [1.165, 1.54) is 40.8 Å². The first kappa shape index (κ1) is 10.9. The molecule has 2 heteroatoms. The molecule has 0 spiro atoms. The Hall–Kier alpha value is -1.96. The van der Waals surface area contributed by atoms with Crippen molar-refractivity contribution in [1.82, 2.24) is 0 Å². The maximum atomic E-state index is 5.81. The number of hydrogen-bond acceptors (Lipinski definition) is 2. The molecular weight excluding hydrogens is 234 g/mol. The van der Waals surface area contributed by atoms with Crippen LogP contribution in [0.3, 0.4) is 0 Å². The quantitative estimate of drug-likeness (QED) is 0.835. The van der Waals surface area contributed by atoms with Gasteiger partial charge in [-0.1, -0.05) is 24.3 Å². The maximum Gasteiger partial charge on any atom is 0.130 e. The second-order valence-electron chi connectivity index (χ2n) is 5.29. The summed E-state index contributed by atoms with van der Waals surface area (Å²) in [6, 6.07) is 13.2. The highest BCUT2D eigenvalue weighted by Crippen LogP contribution is 2.38. The Morgan fingerprint density at radius 2 is 2.00 bits per heavy atom. The molecule has 2 aliphatic heterocycles. The van der Waals surface area contributed by atoms with E-state index in [1.54, 1.807) is 0 Å². The molecule has 2 aromatic rings. The molecule has 19 heavy (non-hydrogen) atoms. The summed E-state index contributed by atoms with van der Waals surface area (Å²) in [7, 11) is 0. The molecule has 2 heterocycles. The first-order chi connectivity index (χ1) is 9.42. The van der Waals surface area contributed by atoms with E-state index in [1.807, 2.05) is 0 Å². The summed E-state index contributed by atoms with van der Waals surface area (Å²) < 4.78 is 5.81. The normalized spacial score (nSPS) is 16.2. The molecule has 2 nitrogen and oxygen atoms in total. The van der Waals surface area contributed by atoms with E-state index in [-0.39, 0.29) is 0 Å². The minimum Gasteiger partial charge on any atom is -0.492 e. The van der Waals surface area contributed by atoms with E-state index in [9.17, 15) is 0 Å². The van der Waals surface area contributed by atoms with Crippen molar-refractivity contribution in [3.8, 4) is 16.9 Å². The number of aryl methyl sites for hydroxylation is 1. The number of ether oxygens (including phenoxy) is 1. The number of benzene rings is 2. The van der Waals surface area contributed by atoms with Gasteiger partial charge in [0.05, 0.1) is 6.61 Å². The number of nitrogens with one attached hydrogen (secondary N) is 1. The van der Waals surface area contributed by atoms with E-state index in [2.05, 4.69) is 41.7 Å². The van der Waals surface area contributed by atoms with Crippen LogP contribution in [0.2, 0.25) is 0 Å². The van der Waals surface area contributed by atoms with Crippen LogP contribution in [0.1, 0.15) is 17.5 Å².